The number of methoxy groups -OCH3 is 1. The van der Waals surface area contributed by atoms with E-state index in [-0.39, 0.29) is 23.2 Å². The average molecular weight is 473 g/mol. The summed E-state index contributed by atoms with van der Waals surface area (Å²) in [5.41, 5.74) is 1.52. The van der Waals surface area contributed by atoms with Gasteiger partial charge in [-0.2, -0.15) is 0 Å². The highest BCUT2D eigenvalue weighted by Crippen LogP contribution is 2.60. The highest BCUT2D eigenvalue weighted by atomic mass is 16.6. The van der Waals surface area contributed by atoms with Gasteiger partial charge in [0.15, 0.2) is 0 Å². The van der Waals surface area contributed by atoms with Crippen LogP contribution in [0.25, 0.3) is 0 Å². The molecule has 1 saturated carbocycles. The summed E-state index contributed by atoms with van der Waals surface area (Å²) in [7, 11) is 1.67. The summed E-state index contributed by atoms with van der Waals surface area (Å²) in [6, 6.07) is 28.6. The first-order valence-electron chi connectivity index (χ1n) is 12.2. The van der Waals surface area contributed by atoms with Gasteiger partial charge in [-0.3, -0.25) is 4.79 Å². The molecule has 0 radical (unpaired) electrons. The lowest BCUT2D eigenvalue weighted by molar-refractivity contribution is -0.157. The topological polar surface area (TPSA) is 44.8 Å². The molecule has 4 nitrogen and oxygen atoms in total. The van der Waals surface area contributed by atoms with Crippen molar-refractivity contribution < 1.29 is 19.0 Å². The number of ether oxygens (including phenoxy) is 3. The number of esters is 1. The van der Waals surface area contributed by atoms with Gasteiger partial charge < -0.3 is 14.2 Å². The summed E-state index contributed by atoms with van der Waals surface area (Å²) in [5, 5.41) is 0. The van der Waals surface area contributed by atoms with Crippen LogP contribution in [0.15, 0.2) is 84.9 Å². The van der Waals surface area contributed by atoms with Crippen LogP contribution in [0.5, 0.6) is 5.75 Å². The third-order valence-corrected chi connectivity index (χ3v) is 7.05. The van der Waals surface area contributed by atoms with Crippen LogP contribution < -0.4 is 4.74 Å². The Balaban J connectivity index is 1.74. The molecular weight excluding hydrogens is 436 g/mol. The van der Waals surface area contributed by atoms with Crippen molar-refractivity contribution in [1.82, 2.24) is 0 Å². The largest absolute Gasteiger partial charge is 0.497 e. The Morgan fingerprint density at radius 2 is 1.29 bits per heavy atom. The zero-order valence-corrected chi connectivity index (χ0v) is 21.6. The van der Waals surface area contributed by atoms with Gasteiger partial charge in [0.25, 0.3) is 0 Å². The van der Waals surface area contributed by atoms with Crippen LogP contribution in [0.3, 0.4) is 0 Å². The lowest BCUT2D eigenvalue weighted by Gasteiger charge is -2.36. The highest BCUT2D eigenvalue weighted by Gasteiger charge is 2.63. The SMILES string of the molecule is COc1ccc(C(OCC2C(C(=O)OC(C)(C)C)C2(C)C)(c2ccccc2)c2ccccc2)cc1. The van der Waals surface area contributed by atoms with Crippen molar-refractivity contribution in [1.29, 1.82) is 0 Å². The summed E-state index contributed by atoms with van der Waals surface area (Å²) >= 11 is 0. The van der Waals surface area contributed by atoms with Gasteiger partial charge >= 0.3 is 5.97 Å². The maximum Gasteiger partial charge on any atom is 0.310 e. The average Bonchev–Trinajstić information content (AvgIpc) is 3.40. The third-order valence-electron chi connectivity index (χ3n) is 7.05. The van der Waals surface area contributed by atoms with Crippen molar-refractivity contribution >= 4 is 5.97 Å². The second-order valence-corrected chi connectivity index (χ2v) is 10.9. The van der Waals surface area contributed by atoms with Gasteiger partial charge in [0.05, 0.1) is 19.6 Å². The molecular formula is C31H36O4. The van der Waals surface area contributed by atoms with Gasteiger partial charge in [-0.25, -0.2) is 0 Å². The molecule has 0 N–H and O–H groups in total. The van der Waals surface area contributed by atoms with E-state index >= 15 is 0 Å². The molecule has 1 aliphatic rings. The van der Waals surface area contributed by atoms with Crippen LogP contribution in [0.4, 0.5) is 0 Å². The predicted octanol–water partition coefficient (Wildman–Crippen LogP) is 6.62. The molecule has 2 atom stereocenters. The minimum absolute atomic E-state index is 0.0578. The molecule has 184 valence electrons. The van der Waals surface area contributed by atoms with E-state index < -0.39 is 11.2 Å². The minimum Gasteiger partial charge on any atom is -0.497 e. The maximum absolute atomic E-state index is 13.0. The van der Waals surface area contributed by atoms with E-state index in [2.05, 4.69) is 50.2 Å². The zero-order chi connectivity index (χ0) is 25.3. The van der Waals surface area contributed by atoms with Gasteiger partial charge in [0.2, 0.25) is 0 Å². The fourth-order valence-electron chi connectivity index (χ4n) is 5.02. The van der Waals surface area contributed by atoms with Gasteiger partial charge in [0, 0.05) is 5.92 Å². The molecule has 0 spiro atoms. The van der Waals surface area contributed by atoms with Crippen molar-refractivity contribution in [3.8, 4) is 5.75 Å². The molecule has 3 aromatic rings. The quantitative estimate of drug-likeness (QED) is 0.273. The zero-order valence-electron chi connectivity index (χ0n) is 21.6. The first-order valence-corrected chi connectivity index (χ1v) is 12.2. The first-order chi connectivity index (χ1) is 16.6. The van der Waals surface area contributed by atoms with Crippen molar-refractivity contribution in [2.45, 2.75) is 45.8 Å². The van der Waals surface area contributed by atoms with E-state index in [0.29, 0.717) is 6.61 Å². The molecule has 35 heavy (non-hydrogen) atoms. The number of hydrogen-bond donors (Lipinski definition) is 0. The molecule has 0 amide bonds. The molecule has 1 fully saturated rings. The Morgan fingerprint density at radius 3 is 1.74 bits per heavy atom. The summed E-state index contributed by atoms with van der Waals surface area (Å²) in [6.07, 6.45) is 0. The number of carbonyl (C=O) groups is 1. The van der Waals surface area contributed by atoms with Crippen molar-refractivity contribution in [2.24, 2.45) is 17.3 Å². The van der Waals surface area contributed by atoms with Crippen LogP contribution in [0, 0.1) is 17.3 Å². The number of benzene rings is 3. The fourth-order valence-corrected chi connectivity index (χ4v) is 5.02. The normalized spacial score (nSPS) is 19.1. The standard InChI is InChI=1S/C31H36O4/c1-29(2,3)35-28(32)27-26(30(27,4)5)21-34-31(22-13-9-7-10-14-22,23-15-11-8-12-16-23)24-17-19-25(33-6)20-18-24/h7-20,26-27H,21H2,1-6H3. The number of hydrogen-bond acceptors (Lipinski definition) is 4. The molecule has 4 rings (SSSR count). The fraction of sp³-hybridized carbons (Fsp3) is 0.387. The van der Waals surface area contributed by atoms with Crippen LogP contribution in [-0.2, 0) is 19.9 Å². The van der Waals surface area contributed by atoms with E-state index in [1.165, 1.54) is 0 Å². The Hall–Kier alpha value is -3.11. The van der Waals surface area contributed by atoms with Crippen LogP contribution in [0.1, 0.15) is 51.3 Å². The highest BCUT2D eigenvalue weighted by molar-refractivity contribution is 5.78. The van der Waals surface area contributed by atoms with E-state index in [4.69, 9.17) is 14.2 Å². The van der Waals surface area contributed by atoms with Crippen LogP contribution in [-0.4, -0.2) is 25.3 Å². The van der Waals surface area contributed by atoms with Crippen LogP contribution >= 0.6 is 0 Å². The monoisotopic (exact) mass is 472 g/mol. The molecule has 0 aliphatic heterocycles. The Labute approximate surface area is 209 Å². The predicted molar refractivity (Wildman–Crippen MR) is 138 cm³/mol. The molecule has 0 saturated heterocycles. The Morgan fingerprint density at radius 1 is 0.800 bits per heavy atom. The summed E-state index contributed by atoms with van der Waals surface area (Å²) in [6.45, 7) is 10.4. The van der Waals surface area contributed by atoms with Gasteiger partial charge in [-0.15, -0.1) is 0 Å². The van der Waals surface area contributed by atoms with E-state index in [9.17, 15) is 4.79 Å². The molecule has 2 unspecified atom stereocenters. The van der Waals surface area contributed by atoms with E-state index in [1.54, 1.807) is 7.11 Å². The summed E-state index contributed by atoms with van der Waals surface area (Å²) < 4.78 is 18.1. The minimum atomic E-state index is -0.841. The van der Waals surface area contributed by atoms with Crippen LogP contribution in [0.2, 0.25) is 0 Å². The summed E-state index contributed by atoms with van der Waals surface area (Å²) in [5.74, 6) is 0.506. The lowest BCUT2D eigenvalue weighted by atomic mass is 9.80. The molecule has 1 aliphatic carbocycles. The Bertz CT molecular complexity index is 1090. The van der Waals surface area contributed by atoms with Crippen molar-refractivity contribution in [2.75, 3.05) is 13.7 Å². The van der Waals surface area contributed by atoms with E-state index in [1.807, 2.05) is 69.3 Å². The smallest absolute Gasteiger partial charge is 0.310 e. The number of carbonyl (C=O) groups excluding carboxylic acids is 1. The second-order valence-electron chi connectivity index (χ2n) is 10.9. The van der Waals surface area contributed by atoms with Crippen molar-refractivity contribution in [3.05, 3.63) is 102 Å². The van der Waals surface area contributed by atoms with Gasteiger partial charge in [-0.1, -0.05) is 86.6 Å². The molecule has 3 aromatic carbocycles. The Kier molecular flexibility index (Phi) is 6.79. The van der Waals surface area contributed by atoms with Gasteiger partial charge in [0.1, 0.15) is 17.0 Å². The molecule has 0 aromatic heterocycles. The lowest BCUT2D eigenvalue weighted by Crippen LogP contribution is -2.34. The number of rotatable bonds is 8. The third kappa shape index (κ3) is 4.99. The van der Waals surface area contributed by atoms with Gasteiger partial charge in [-0.05, 0) is 55.0 Å². The molecule has 0 heterocycles. The second kappa shape index (κ2) is 9.50. The first kappa shape index (κ1) is 25.0. The van der Waals surface area contributed by atoms with Crippen molar-refractivity contribution in [3.63, 3.8) is 0 Å². The van der Waals surface area contributed by atoms with E-state index in [0.717, 1.165) is 22.4 Å². The molecule has 4 heteroatoms. The maximum atomic E-state index is 13.0. The molecule has 0 bridgehead atoms. The summed E-state index contributed by atoms with van der Waals surface area (Å²) in [4.78, 5) is 13.0.